The van der Waals surface area contributed by atoms with Gasteiger partial charge in [0.15, 0.2) is 5.13 Å². The largest absolute Gasteiger partial charge is 0.345 e. The van der Waals surface area contributed by atoms with Crippen LogP contribution in [0.5, 0.6) is 0 Å². The first kappa shape index (κ1) is 16.6. The molecule has 0 spiro atoms. The van der Waals surface area contributed by atoms with Crippen molar-refractivity contribution in [3.63, 3.8) is 0 Å². The number of hydrogen-bond acceptors (Lipinski definition) is 4. The predicted molar refractivity (Wildman–Crippen MR) is 104 cm³/mol. The second-order valence-corrected chi connectivity index (χ2v) is 8.34. The van der Waals surface area contributed by atoms with Crippen molar-refractivity contribution in [3.05, 3.63) is 23.3 Å². The van der Waals surface area contributed by atoms with Gasteiger partial charge in [-0.3, -0.25) is 0 Å². The Morgan fingerprint density at radius 1 is 1.16 bits per heavy atom. The minimum absolute atomic E-state index is 0.113. The van der Waals surface area contributed by atoms with Crippen LogP contribution in [0.2, 0.25) is 0 Å². The second kappa shape index (κ2) is 6.83. The zero-order valence-corrected chi connectivity index (χ0v) is 15.9. The first-order valence-electron chi connectivity index (χ1n) is 9.28. The molecule has 1 aliphatic heterocycles. The molecule has 0 radical (unpaired) electrons. The second-order valence-electron chi connectivity index (χ2n) is 7.33. The van der Waals surface area contributed by atoms with E-state index in [4.69, 9.17) is 4.98 Å². The molecule has 4 rings (SSSR count). The fourth-order valence-electron chi connectivity index (χ4n) is 3.93. The van der Waals surface area contributed by atoms with E-state index in [0.29, 0.717) is 6.04 Å². The summed E-state index contributed by atoms with van der Waals surface area (Å²) >= 11 is 1.76. The number of nitrogens with one attached hydrogen (secondary N) is 1. The molecule has 6 heteroatoms. The highest BCUT2D eigenvalue weighted by Crippen LogP contribution is 2.32. The third kappa shape index (κ3) is 3.45. The number of carbonyl (C=O) groups excluding carboxylic acids is 1. The van der Waals surface area contributed by atoms with Gasteiger partial charge in [-0.05, 0) is 43.9 Å². The topological polar surface area (TPSA) is 48.5 Å². The molecular formula is C19H26N4OS. The van der Waals surface area contributed by atoms with E-state index in [-0.39, 0.29) is 6.03 Å². The first-order valence-corrected chi connectivity index (χ1v) is 10.1. The van der Waals surface area contributed by atoms with Crippen LogP contribution in [0.3, 0.4) is 0 Å². The molecule has 1 aromatic carbocycles. The van der Waals surface area contributed by atoms with Crippen molar-refractivity contribution in [1.82, 2.24) is 15.2 Å². The molecule has 2 aliphatic rings. The minimum Gasteiger partial charge on any atom is -0.345 e. The molecule has 0 atom stereocenters. The highest BCUT2D eigenvalue weighted by Gasteiger charge is 2.25. The highest BCUT2D eigenvalue weighted by molar-refractivity contribution is 7.22. The van der Waals surface area contributed by atoms with Crippen molar-refractivity contribution >= 4 is 32.7 Å². The van der Waals surface area contributed by atoms with Crippen molar-refractivity contribution < 1.29 is 4.79 Å². The van der Waals surface area contributed by atoms with E-state index in [9.17, 15) is 4.79 Å². The molecule has 2 aromatic rings. The Hall–Kier alpha value is -1.82. The molecule has 5 nitrogen and oxygen atoms in total. The molecule has 2 amide bonds. The summed E-state index contributed by atoms with van der Waals surface area (Å²) in [6.45, 7) is 7.52. The Morgan fingerprint density at radius 3 is 2.60 bits per heavy atom. The quantitative estimate of drug-likeness (QED) is 0.891. The lowest BCUT2D eigenvalue weighted by Crippen LogP contribution is -2.53. The number of nitrogens with zero attached hydrogens (tertiary/aromatic N) is 3. The number of hydrogen-bond donors (Lipinski definition) is 1. The lowest BCUT2D eigenvalue weighted by Gasteiger charge is -2.35. The van der Waals surface area contributed by atoms with E-state index in [1.54, 1.807) is 11.3 Å². The summed E-state index contributed by atoms with van der Waals surface area (Å²) in [6.07, 6.45) is 4.76. The Kier molecular flexibility index (Phi) is 4.54. The smallest absolute Gasteiger partial charge is 0.317 e. The number of rotatable bonds is 2. The van der Waals surface area contributed by atoms with Crippen LogP contribution in [0.1, 0.15) is 36.8 Å². The van der Waals surface area contributed by atoms with E-state index in [1.807, 2.05) is 4.90 Å². The molecule has 134 valence electrons. The molecule has 1 N–H and O–H groups in total. The number of amides is 2. The van der Waals surface area contributed by atoms with Crippen LogP contribution in [0.4, 0.5) is 9.93 Å². The third-order valence-corrected chi connectivity index (χ3v) is 6.40. The fraction of sp³-hybridized carbons (Fsp3) is 0.579. The highest BCUT2D eigenvalue weighted by atomic mass is 32.1. The van der Waals surface area contributed by atoms with Crippen molar-refractivity contribution in [3.8, 4) is 0 Å². The standard InChI is InChI=1S/C19H26N4OS/c1-13-11-14(2)17-16(12-13)25-19(21-17)23-9-7-22(8-10-23)18(24)20-15-5-3-4-6-15/h11-12,15H,3-10H2,1-2H3,(H,20,24). The molecule has 1 aromatic heterocycles. The van der Waals surface area contributed by atoms with Gasteiger partial charge in [0.2, 0.25) is 0 Å². The molecule has 0 unspecified atom stereocenters. The monoisotopic (exact) mass is 358 g/mol. The summed E-state index contributed by atoms with van der Waals surface area (Å²) in [4.78, 5) is 21.5. The Bertz CT molecular complexity index is 773. The number of thiazole rings is 1. The van der Waals surface area contributed by atoms with Gasteiger partial charge in [-0.25, -0.2) is 9.78 Å². The summed E-state index contributed by atoms with van der Waals surface area (Å²) in [5.74, 6) is 0. The number of piperazine rings is 1. The summed E-state index contributed by atoms with van der Waals surface area (Å²) < 4.78 is 1.26. The zero-order valence-electron chi connectivity index (χ0n) is 15.0. The Labute approximate surface area is 153 Å². The fourth-order valence-corrected chi connectivity index (χ4v) is 5.12. The van der Waals surface area contributed by atoms with E-state index < -0.39 is 0 Å². The molecule has 1 saturated heterocycles. The number of benzene rings is 1. The van der Waals surface area contributed by atoms with Gasteiger partial charge in [0.1, 0.15) is 0 Å². The number of aromatic nitrogens is 1. The Morgan fingerprint density at radius 2 is 1.88 bits per heavy atom. The summed E-state index contributed by atoms with van der Waals surface area (Å²) in [7, 11) is 0. The zero-order chi connectivity index (χ0) is 17.4. The predicted octanol–water partition coefficient (Wildman–Crippen LogP) is 3.69. The SMILES string of the molecule is Cc1cc(C)c2nc(N3CCN(C(=O)NC4CCCC4)CC3)sc2c1. The maximum atomic E-state index is 12.4. The van der Waals surface area contributed by atoms with Crippen molar-refractivity contribution in [2.45, 2.75) is 45.6 Å². The van der Waals surface area contributed by atoms with Gasteiger partial charge in [-0.2, -0.15) is 0 Å². The summed E-state index contributed by atoms with van der Waals surface area (Å²) in [6, 6.07) is 4.91. The van der Waals surface area contributed by atoms with Gasteiger partial charge < -0.3 is 15.1 Å². The number of carbonyl (C=O) groups is 1. The van der Waals surface area contributed by atoms with Crippen LogP contribution >= 0.6 is 11.3 Å². The number of urea groups is 1. The van der Waals surface area contributed by atoms with Gasteiger partial charge >= 0.3 is 6.03 Å². The van der Waals surface area contributed by atoms with Crippen LogP contribution in [0, 0.1) is 13.8 Å². The van der Waals surface area contributed by atoms with Crippen LogP contribution in [-0.4, -0.2) is 48.1 Å². The van der Waals surface area contributed by atoms with E-state index in [0.717, 1.165) is 49.7 Å². The van der Waals surface area contributed by atoms with Gasteiger partial charge in [0.05, 0.1) is 10.2 Å². The lowest BCUT2D eigenvalue weighted by molar-refractivity contribution is 0.190. The van der Waals surface area contributed by atoms with Gasteiger partial charge in [-0.15, -0.1) is 0 Å². The molecule has 1 saturated carbocycles. The van der Waals surface area contributed by atoms with Crippen molar-refractivity contribution in [2.75, 3.05) is 31.1 Å². The van der Waals surface area contributed by atoms with Crippen LogP contribution in [0.15, 0.2) is 12.1 Å². The van der Waals surface area contributed by atoms with E-state index >= 15 is 0 Å². The van der Waals surface area contributed by atoms with Crippen LogP contribution in [0.25, 0.3) is 10.2 Å². The van der Waals surface area contributed by atoms with Gasteiger partial charge in [-0.1, -0.05) is 30.2 Å². The summed E-state index contributed by atoms with van der Waals surface area (Å²) in [5, 5.41) is 4.28. The van der Waals surface area contributed by atoms with E-state index in [2.05, 4.69) is 36.2 Å². The van der Waals surface area contributed by atoms with Crippen LogP contribution in [-0.2, 0) is 0 Å². The molecule has 0 bridgehead atoms. The number of aryl methyl sites for hydroxylation is 2. The van der Waals surface area contributed by atoms with E-state index in [1.165, 1.54) is 28.7 Å². The molecule has 2 heterocycles. The number of anilines is 1. The van der Waals surface area contributed by atoms with Gasteiger partial charge in [0.25, 0.3) is 0 Å². The maximum absolute atomic E-state index is 12.4. The van der Waals surface area contributed by atoms with Crippen LogP contribution < -0.4 is 10.2 Å². The molecule has 1 aliphatic carbocycles. The lowest BCUT2D eigenvalue weighted by atomic mass is 10.1. The van der Waals surface area contributed by atoms with Gasteiger partial charge in [0, 0.05) is 32.2 Å². The average Bonchev–Trinajstić information content (AvgIpc) is 3.24. The Balaban J connectivity index is 1.40. The molecule has 25 heavy (non-hydrogen) atoms. The van der Waals surface area contributed by atoms with Crippen molar-refractivity contribution in [2.24, 2.45) is 0 Å². The van der Waals surface area contributed by atoms with Crippen molar-refractivity contribution in [1.29, 1.82) is 0 Å². The normalized spacial score (nSPS) is 19.0. The average molecular weight is 359 g/mol. The first-order chi connectivity index (χ1) is 12.1. The maximum Gasteiger partial charge on any atom is 0.317 e. The molecular weight excluding hydrogens is 332 g/mol. The summed E-state index contributed by atoms with van der Waals surface area (Å²) in [5.41, 5.74) is 3.65. The minimum atomic E-state index is 0.113. The third-order valence-electron chi connectivity index (χ3n) is 5.34. The number of fused-ring (bicyclic) bond motifs is 1. The molecule has 2 fully saturated rings.